The van der Waals surface area contributed by atoms with Gasteiger partial charge in [-0.2, -0.15) is 11.8 Å². The van der Waals surface area contributed by atoms with Gasteiger partial charge in [0.05, 0.1) is 18.2 Å². The van der Waals surface area contributed by atoms with Crippen LogP contribution in [0, 0.1) is 0 Å². The Morgan fingerprint density at radius 2 is 2.11 bits per heavy atom. The van der Waals surface area contributed by atoms with E-state index in [-0.39, 0.29) is 6.10 Å². The summed E-state index contributed by atoms with van der Waals surface area (Å²) >= 11 is 1.84. The minimum atomic E-state index is -0.642. The summed E-state index contributed by atoms with van der Waals surface area (Å²) in [4.78, 5) is 4.61. The van der Waals surface area contributed by atoms with Crippen molar-refractivity contribution in [3.8, 4) is 0 Å². The van der Waals surface area contributed by atoms with E-state index < -0.39 is 5.60 Å². The summed E-state index contributed by atoms with van der Waals surface area (Å²) in [6, 6.07) is 10.3. The Kier molecular flexibility index (Phi) is 9.45. The van der Waals surface area contributed by atoms with Gasteiger partial charge in [-0.05, 0) is 44.4 Å². The topological polar surface area (TPSA) is 65.9 Å². The van der Waals surface area contributed by atoms with E-state index in [0.717, 1.165) is 44.1 Å². The quantitative estimate of drug-likeness (QED) is 0.306. The number of hydrogen-bond acceptors (Lipinski definition) is 4. The SMILES string of the molecule is CCNC(=NCC1(O)CCC1SCC)NCCCOC(C)c1ccccc1. The van der Waals surface area contributed by atoms with Crippen LogP contribution in [0.1, 0.15) is 51.7 Å². The highest BCUT2D eigenvalue weighted by molar-refractivity contribution is 8.00. The van der Waals surface area contributed by atoms with E-state index >= 15 is 0 Å². The van der Waals surface area contributed by atoms with Crippen molar-refractivity contribution in [1.29, 1.82) is 0 Å². The molecule has 0 saturated heterocycles. The molecular weight excluding hydrogens is 358 g/mol. The lowest BCUT2D eigenvalue weighted by Crippen LogP contribution is -2.53. The predicted molar refractivity (Wildman–Crippen MR) is 116 cm³/mol. The molecule has 1 aliphatic carbocycles. The second-order valence-corrected chi connectivity index (χ2v) is 8.47. The highest BCUT2D eigenvalue weighted by atomic mass is 32.2. The number of rotatable bonds is 11. The van der Waals surface area contributed by atoms with Crippen LogP contribution in [0.4, 0.5) is 0 Å². The Morgan fingerprint density at radius 1 is 1.33 bits per heavy atom. The van der Waals surface area contributed by atoms with Crippen molar-refractivity contribution in [3.05, 3.63) is 35.9 Å². The molecule has 1 aromatic carbocycles. The maximum Gasteiger partial charge on any atom is 0.191 e. The summed E-state index contributed by atoms with van der Waals surface area (Å²) in [5.74, 6) is 1.81. The molecule has 1 aromatic rings. The fourth-order valence-electron chi connectivity index (χ4n) is 3.13. The Hall–Kier alpha value is -1.24. The van der Waals surface area contributed by atoms with Crippen LogP contribution >= 0.6 is 11.8 Å². The first kappa shape index (κ1) is 22.1. The summed E-state index contributed by atoms with van der Waals surface area (Å²) in [6.45, 7) is 9.02. The molecule has 0 bridgehead atoms. The zero-order valence-corrected chi connectivity index (χ0v) is 17.7. The Balaban J connectivity index is 1.69. The molecule has 1 aliphatic rings. The zero-order valence-electron chi connectivity index (χ0n) is 16.9. The van der Waals surface area contributed by atoms with Crippen molar-refractivity contribution >= 4 is 17.7 Å². The highest BCUT2D eigenvalue weighted by Gasteiger charge is 2.45. The lowest BCUT2D eigenvalue weighted by molar-refractivity contribution is -0.0154. The van der Waals surface area contributed by atoms with E-state index in [4.69, 9.17) is 4.74 Å². The van der Waals surface area contributed by atoms with Crippen LogP contribution < -0.4 is 10.6 Å². The average Bonchev–Trinajstić information content (AvgIpc) is 2.69. The molecule has 0 aromatic heterocycles. The second kappa shape index (κ2) is 11.6. The van der Waals surface area contributed by atoms with Gasteiger partial charge in [0.1, 0.15) is 0 Å². The van der Waals surface area contributed by atoms with E-state index in [1.165, 1.54) is 5.56 Å². The molecule has 1 saturated carbocycles. The third-order valence-corrected chi connectivity index (χ3v) is 6.32. The molecule has 6 heteroatoms. The first-order chi connectivity index (χ1) is 13.1. The first-order valence-electron chi connectivity index (χ1n) is 10.1. The third kappa shape index (κ3) is 7.01. The number of ether oxygens (including phenoxy) is 1. The molecule has 0 spiro atoms. The van der Waals surface area contributed by atoms with Gasteiger partial charge in [-0.3, -0.25) is 4.99 Å². The number of aliphatic imine (C=N–C) groups is 1. The summed E-state index contributed by atoms with van der Waals surface area (Å²) in [5.41, 5.74) is 0.561. The normalized spacial score (nSPS) is 23.6. The number of guanidine groups is 1. The van der Waals surface area contributed by atoms with Crippen LogP contribution in [-0.4, -0.2) is 53.9 Å². The van der Waals surface area contributed by atoms with E-state index in [0.29, 0.717) is 18.4 Å². The molecule has 3 unspecified atom stereocenters. The summed E-state index contributed by atoms with van der Waals surface area (Å²) in [6.07, 6.45) is 2.94. The molecule has 0 amide bonds. The zero-order chi connectivity index (χ0) is 19.5. The van der Waals surface area contributed by atoms with E-state index in [1.54, 1.807) is 0 Å². The van der Waals surface area contributed by atoms with Gasteiger partial charge in [-0.1, -0.05) is 37.3 Å². The van der Waals surface area contributed by atoms with Crippen molar-refractivity contribution in [1.82, 2.24) is 10.6 Å². The summed E-state index contributed by atoms with van der Waals surface area (Å²) in [5, 5.41) is 17.6. The molecule has 5 nitrogen and oxygen atoms in total. The molecule has 0 radical (unpaired) electrons. The van der Waals surface area contributed by atoms with Gasteiger partial charge in [-0.15, -0.1) is 0 Å². The number of nitrogens with one attached hydrogen (secondary N) is 2. The highest BCUT2D eigenvalue weighted by Crippen LogP contribution is 2.41. The average molecular weight is 394 g/mol. The van der Waals surface area contributed by atoms with Gasteiger partial charge >= 0.3 is 0 Å². The molecule has 27 heavy (non-hydrogen) atoms. The number of hydrogen-bond donors (Lipinski definition) is 3. The van der Waals surface area contributed by atoms with Gasteiger partial charge in [0.2, 0.25) is 0 Å². The van der Waals surface area contributed by atoms with Crippen LogP contribution in [-0.2, 0) is 4.74 Å². The van der Waals surface area contributed by atoms with E-state index in [1.807, 2.05) is 30.0 Å². The Morgan fingerprint density at radius 3 is 2.74 bits per heavy atom. The van der Waals surface area contributed by atoms with Crippen LogP contribution in [0.3, 0.4) is 0 Å². The molecule has 0 aliphatic heterocycles. The molecule has 2 rings (SSSR count). The van der Waals surface area contributed by atoms with Crippen LogP contribution in [0.15, 0.2) is 35.3 Å². The minimum absolute atomic E-state index is 0.106. The molecule has 3 atom stereocenters. The molecule has 152 valence electrons. The Bertz CT molecular complexity index is 570. The largest absolute Gasteiger partial charge is 0.387 e. The van der Waals surface area contributed by atoms with Crippen molar-refractivity contribution in [2.24, 2.45) is 4.99 Å². The molecule has 1 fully saturated rings. The van der Waals surface area contributed by atoms with Crippen LogP contribution in [0.2, 0.25) is 0 Å². The molecule has 3 N–H and O–H groups in total. The maximum atomic E-state index is 10.7. The van der Waals surface area contributed by atoms with Crippen molar-refractivity contribution < 1.29 is 9.84 Å². The number of thioether (sulfide) groups is 1. The van der Waals surface area contributed by atoms with Gasteiger partial charge in [-0.25, -0.2) is 0 Å². The summed E-state index contributed by atoms with van der Waals surface area (Å²) < 4.78 is 5.91. The van der Waals surface area contributed by atoms with Gasteiger partial charge < -0.3 is 20.5 Å². The fraction of sp³-hybridized carbons (Fsp3) is 0.667. The predicted octanol–water partition coefficient (Wildman–Crippen LogP) is 3.36. The number of aliphatic hydroxyl groups is 1. The summed E-state index contributed by atoms with van der Waals surface area (Å²) in [7, 11) is 0. The Labute approximate surface area is 168 Å². The van der Waals surface area contributed by atoms with Crippen molar-refractivity contribution in [2.45, 2.75) is 57.0 Å². The molecular formula is C21H35N3O2S. The van der Waals surface area contributed by atoms with E-state index in [9.17, 15) is 5.11 Å². The van der Waals surface area contributed by atoms with Crippen molar-refractivity contribution in [2.75, 3.05) is 32.0 Å². The van der Waals surface area contributed by atoms with Gasteiger partial charge in [0, 0.05) is 24.9 Å². The third-order valence-electron chi connectivity index (χ3n) is 4.91. The van der Waals surface area contributed by atoms with Gasteiger partial charge in [0.15, 0.2) is 5.96 Å². The van der Waals surface area contributed by atoms with Crippen LogP contribution in [0.5, 0.6) is 0 Å². The monoisotopic (exact) mass is 393 g/mol. The van der Waals surface area contributed by atoms with Gasteiger partial charge in [0.25, 0.3) is 0 Å². The van der Waals surface area contributed by atoms with E-state index in [2.05, 4.69) is 48.5 Å². The number of benzene rings is 1. The fourth-order valence-corrected chi connectivity index (χ4v) is 4.32. The smallest absolute Gasteiger partial charge is 0.191 e. The minimum Gasteiger partial charge on any atom is -0.387 e. The molecule has 0 heterocycles. The lowest BCUT2D eigenvalue weighted by Gasteiger charge is -2.44. The van der Waals surface area contributed by atoms with Crippen LogP contribution in [0.25, 0.3) is 0 Å². The number of nitrogens with zero attached hydrogens (tertiary/aromatic N) is 1. The maximum absolute atomic E-state index is 10.7. The standard InChI is InChI=1S/C21H35N3O2S/c1-4-22-20(24-16-21(25)13-12-19(21)27-5-2)23-14-9-15-26-17(3)18-10-7-6-8-11-18/h6-8,10-11,17,19,25H,4-5,9,12-16H2,1-3H3,(H2,22,23,24). The second-order valence-electron chi connectivity index (χ2n) is 6.99. The van der Waals surface area contributed by atoms with Crippen molar-refractivity contribution in [3.63, 3.8) is 0 Å². The lowest BCUT2D eigenvalue weighted by atomic mass is 9.79. The first-order valence-corrected chi connectivity index (χ1v) is 11.2.